The third kappa shape index (κ3) is 3.54. The van der Waals surface area contributed by atoms with E-state index in [1.165, 1.54) is 30.3 Å². The molecular weight excluding hydrogens is 360 g/mol. The quantitative estimate of drug-likeness (QED) is 0.238. The van der Waals surface area contributed by atoms with Crippen molar-refractivity contribution in [3.05, 3.63) is 59.8 Å². The highest BCUT2D eigenvalue weighted by atomic mass is 32.2. The molecule has 3 aromatic carbocycles. The molecular formula is C16H14N4O5S. The molecule has 0 amide bonds. The Labute approximate surface area is 148 Å². The van der Waals surface area contributed by atoms with E-state index in [2.05, 4.69) is 10.2 Å². The highest BCUT2D eigenvalue weighted by Crippen LogP contribution is 2.35. The molecule has 134 valence electrons. The Morgan fingerprint density at radius 1 is 1.00 bits per heavy atom. The van der Waals surface area contributed by atoms with Crippen LogP contribution in [0.3, 0.4) is 0 Å². The normalized spacial score (nSPS) is 13.3. The van der Waals surface area contributed by atoms with Gasteiger partial charge in [-0.2, -0.15) is 18.8 Å². The Morgan fingerprint density at radius 2 is 1.69 bits per heavy atom. The van der Waals surface area contributed by atoms with Crippen LogP contribution in [0.4, 0.5) is 22.7 Å². The van der Waals surface area contributed by atoms with Gasteiger partial charge in [0.05, 0.1) is 21.7 Å². The van der Waals surface area contributed by atoms with Gasteiger partial charge < -0.3 is 10.9 Å². The molecule has 0 aromatic heterocycles. The van der Waals surface area contributed by atoms with Crippen LogP contribution < -0.4 is 11.0 Å². The summed E-state index contributed by atoms with van der Waals surface area (Å²) in [5.74, 6) is 0. The number of nitrogens with zero attached hydrogens (tertiary/aromatic N) is 2. The molecule has 0 heterocycles. The summed E-state index contributed by atoms with van der Waals surface area (Å²) in [4.78, 5) is -0.262. The Balaban J connectivity index is 2.06. The van der Waals surface area contributed by atoms with Crippen LogP contribution >= 0.6 is 0 Å². The smallest absolute Gasteiger partial charge is 0.294 e. The molecule has 0 saturated carbocycles. The molecule has 0 saturated heterocycles. The molecule has 0 fully saturated rings. The summed E-state index contributed by atoms with van der Waals surface area (Å²) in [6, 6.07) is 13.0. The van der Waals surface area contributed by atoms with Gasteiger partial charge in [-0.3, -0.25) is 4.55 Å². The van der Waals surface area contributed by atoms with E-state index in [1.807, 2.05) is 0 Å². The van der Waals surface area contributed by atoms with Crippen LogP contribution in [0, 0.1) is 5.21 Å². The minimum Gasteiger partial charge on any atom is -0.595 e. The maximum atomic E-state index is 11.5. The predicted molar refractivity (Wildman–Crippen MR) is 94.6 cm³/mol. The Morgan fingerprint density at radius 3 is 2.31 bits per heavy atom. The average Bonchev–Trinajstić information content (AvgIpc) is 2.60. The van der Waals surface area contributed by atoms with Crippen LogP contribution in [0.15, 0.2) is 69.7 Å². The van der Waals surface area contributed by atoms with E-state index in [0.717, 1.165) is 0 Å². The molecule has 26 heavy (non-hydrogen) atoms. The van der Waals surface area contributed by atoms with Crippen LogP contribution in [-0.2, 0) is 10.1 Å². The second-order valence-electron chi connectivity index (χ2n) is 5.38. The van der Waals surface area contributed by atoms with Gasteiger partial charge in [-0.15, -0.1) is 5.11 Å². The molecule has 1 unspecified atom stereocenters. The average molecular weight is 374 g/mol. The van der Waals surface area contributed by atoms with Crippen LogP contribution in [0.2, 0.25) is 0 Å². The number of quaternary nitrogens is 1. The monoisotopic (exact) mass is 374 g/mol. The van der Waals surface area contributed by atoms with Gasteiger partial charge in [-0.05, 0) is 36.4 Å². The lowest BCUT2D eigenvalue weighted by Crippen LogP contribution is -2.99. The molecule has 0 bridgehead atoms. The van der Waals surface area contributed by atoms with Crippen molar-refractivity contribution in [2.24, 2.45) is 10.2 Å². The van der Waals surface area contributed by atoms with Gasteiger partial charge >= 0.3 is 0 Å². The molecule has 0 aliphatic carbocycles. The molecule has 0 aliphatic heterocycles. The number of hydrogen-bond donors (Lipinski definition) is 4. The van der Waals surface area contributed by atoms with Gasteiger partial charge in [0.1, 0.15) is 0 Å². The number of anilines is 1. The molecule has 10 heteroatoms. The zero-order chi connectivity index (χ0) is 18.9. The van der Waals surface area contributed by atoms with Gasteiger partial charge in [0.2, 0.25) is 0 Å². The third-order valence-electron chi connectivity index (χ3n) is 3.69. The number of nitrogens with one attached hydrogen (secondary N) is 1. The fourth-order valence-corrected chi connectivity index (χ4v) is 2.95. The number of benzene rings is 3. The van der Waals surface area contributed by atoms with Gasteiger partial charge in [0.15, 0.2) is 5.69 Å². The van der Waals surface area contributed by atoms with E-state index >= 15 is 0 Å². The summed E-state index contributed by atoms with van der Waals surface area (Å²) in [5, 5.41) is 28.7. The van der Waals surface area contributed by atoms with Crippen molar-refractivity contribution in [3.63, 3.8) is 0 Å². The molecule has 3 aromatic rings. The van der Waals surface area contributed by atoms with Crippen LogP contribution in [0.1, 0.15) is 0 Å². The van der Waals surface area contributed by atoms with Crippen molar-refractivity contribution in [1.29, 1.82) is 0 Å². The van der Waals surface area contributed by atoms with E-state index in [0.29, 0.717) is 27.8 Å². The van der Waals surface area contributed by atoms with Gasteiger partial charge in [0, 0.05) is 17.1 Å². The van der Waals surface area contributed by atoms with Gasteiger partial charge in [0.25, 0.3) is 10.1 Å². The fraction of sp³-hybridized carbons (Fsp3) is 0. The van der Waals surface area contributed by atoms with Crippen molar-refractivity contribution in [2.45, 2.75) is 4.90 Å². The summed E-state index contributed by atoms with van der Waals surface area (Å²) in [7, 11) is -4.29. The molecule has 3 rings (SSSR count). The number of rotatable bonds is 4. The van der Waals surface area contributed by atoms with Crippen LogP contribution in [0.5, 0.6) is 0 Å². The van der Waals surface area contributed by atoms with E-state index in [1.54, 1.807) is 24.3 Å². The standard InChI is InChI=1S/C16H14N4O5S/c17-13-8-9-14(16-12(13)2-1-3-15(16)20(21)22)19-18-10-4-6-11(7-5-10)26(23,24)25/h1-9,20-21H,17H2,(H,23,24,25). The summed E-state index contributed by atoms with van der Waals surface area (Å²) >= 11 is 0. The molecule has 0 radical (unpaired) electrons. The molecule has 9 nitrogen and oxygen atoms in total. The topological polar surface area (TPSA) is 153 Å². The lowest BCUT2D eigenvalue weighted by Gasteiger charge is -2.15. The number of hydrogen-bond acceptors (Lipinski definition) is 7. The van der Waals surface area contributed by atoms with E-state index in [-0.39, 0.29) is 10.6 Å². The van der Waals surface area contributed by atoms with Crippen molar-refractivity contribution in [1.82, 2.24) is 0 Å². The summed E-state index contributed by atoms with van der Waals surface area (Å²) < 4.78 is 31.0. The van der Waals surface area contributed by atoms with E-state index < -0.39 is 15.3 Å². The summed E-state index contributed by atoms with van der Waals surface area (Å²) in [6.45, 7) is 0. The minimum absolute atomic E-state index is 0.0467. The lowest BCUT2D eigenvalue weighted by atomic mass is 10.1. The fourth-order valence-electron chi connectivity index (χ4n) is 2.47. The first-order valence-electron chi connectivity index (χ1n) is 7.31. The first-order valence-corrected chi connectivity index (χ1v) is 8.75. The second-order valence-corrected chi connectivity index (χ2v) is 6.80. The lowest BCUT2D eigenvalue weighted by molar-refractivity contribution is -0.990. The Hall–Kier alpha value is -2.89. The SMILES string of the molecule is Nc1ccc(N=Nc2ccc(S(=O)(=O)O)cc2)c2c([NH+]([O-])O)cccc12. The van der Waals surface area contributed by atoms with E-state index in [4.69, 9.17) is 10.3 Å². The molecule has 1 atom stereocenters. The number of nitrogens with two attached hydrogens (primary N) is 1. The maximum absolute atomic E-state index is 11.5. The highest BCUT2D eigenvalue weighted by Gasteiger charge is 2.13. The number of fused-ring (bicyclic) bond motifs is 1. The summed E-state index contributed by atoms with van der Waals surface area (Å²) in [5.41, 5.74) is 7.02. The molecule has 5 N–H and O–H groups in total. The van der Waals surface area contributed by atoms with Crippen molar-refractivity contribution < 1.29 is 23.4 Å². The molecule has 0 spiro atoms. The van der Waals surface area contributed by atoms with E-state index in [9.17, 15) is 18.8 Å². The molecule has 0 aliphatic rings. The second kappa shape index (κ2) is 6.78. The zero-order valence-corrected chi connectivity index (χ0v) is 14.0. The largest absolute Gasteiger partial charge is 0.595 e. The van der Waals surface area contributed by atoms with Crippen molar-refractivity contribution in [3.8, 4) is 0 Å². The first-order chi connectivity index (χ1) is 12.3. The van der Waals surface area contributed by atoms with Gasteiger partial charge in [-0.25, -0.2) is 5.21 Å². The van der Waals surface area contributed by atoms with Gasteiger partial charge in [-0.1, -0.05) is 12.1 Å². The number of nitrogen functional groups attached to an aromatic ring is 1. The summed E-state index contributed by atoms with van der Waals surface area (Å²) in [6.07, 6.45) is 0. The predicted octanol–water partition coefficient (Wildman–Crippen LogP) is 2.49. The maximum Gasteiger partial charge on any atom is 0.294 e. The highest BCUT2D eigenvalue weighted by molar-refractivity contribution is 7.85. The van der Waals surface area contributed by atoms with Crippen LogP contribution in [0.25, 0.3) is 10.8 Å². The Bertz CT molecular complexity index is 1100. The van der Waals surface area contributed by atoms with Crippen LogP contribution in [-0.4, -0.2) is 18.2 Å². The minimum atomic E-state index is -4.29. The third-order valence-corrected chi connectivity index (χ3v) is 4.56. The Kier molecular flexibility index (Phi) is 4.68. The number of azo groups is 1. The first kappa shape index (κ1) is 17.9. The van der Waals surface area contributed by atoms with Crippen molar-refractivity contribution in [2.75, 3.05) is 5.73 Å². The van der Waals surface area contributed by atoms with Crippen molar-refractivity contribution >= 4 is 43.6 Å². The zero-order valence-electron chi connectivity index (χ0n) is 13.2.